The minimum Gasteiger partial charge on any atom is -0.495 e. The van der Waals surface area contributed by atoms with Crippen LogP contribution in [0.5, 0.6) is 0 Å². The van der Waals surface area contributed by atoms with E-state index in [9.17, 15) is 0 Å². The lowest BCUT2D eigenvalue weighted by Crippen LogP contribution is -2.14. The van der Waals surface area contributed by atoms with Crippen molar-refractivity contribution in [3.63, 3.8) is 0 Å². The van der Waals surface area contributed by atoms with Gasteiger partial charge in [0, 0.05) is 6.42 Å². The maximum atomic E-state index is 5.88. The molecule has 0 aliphatic heterocycles. The molecule has 0 amide bonds. The van der Waals surface area contributed by atoms with Gasteiger partial charge in [0.05, 0.1) is 12.3 Å². The summed E-state index contributed by atoms with van der Waals surface area (Å²) in [4.78, 5) is 0. The third kappa shape index (κ3) is 3.61. The highest BCUT2D eigenvalue weighted by molar-refractivity contribution is 5.24. The molecule has 2 heteroatoms. The largest absolute Gasteiger partial charge is 0.495 e. The van der Waals surface area contributed by atoms with E-state index in [-0.39, 0.29) is 0 Å². The monoisotopic (exact) mass is 209 g/mol. The normalized spacial score (nSPS) is 21.2. The zero-order valence-electron chi connectivity index (χ0n) is 10.1. The topological polar surface area (TPSA) is 35.2 Å². The van der Waals surface area contributed by atoms with E-state index in [1.165, 1.54) is 12.8 Å². The van der Waals surface area contributed by atoms with Crippen LogP contribution in [0.15, 0.2) is 23.6 Å². The van der Waals surface area contributed by atoms with E-state index >= 15 is 0 Å². The zero-order valence-corrected chi connectivity index (χ0v) is 10.1. The number of allylic oxidation sites excluding steroid dienone is 3. The Kier molecular flexibility index (Phi) is 4.73. The van der Waals surface area contributed by atoms with E-state index in [1.54, 1.807) is 0 Å². The smallest absolute Gasteiger partial charge is 0.119 e. The van der Waals surface area contributed by atoms with Crippen LogP contribution in [-0.4, -0.2) is 6.61 Å². The van der Waals surface area contributed by atoms with Crippen LogP contribution in [0.25, 0.3) is 0 Å². The van der Waals surface area contributed by atoms with Gasteiger partial charge in [-0.2, -0.15) is 0 Å². The van der Waals surface area contributed by atoms with Gasteiger partial charge in [-0.25, -0.2) is 0 Å². The van der Waals surface area contributed by atoms with Crippen molar-refractivity contribution < 1.29 is 4.74 Å². The molecule has 0 bridgehead atoms. The van der Waals surface area contributed by atoms with E-state index in [1.807, 2.05) is 6.08 Å². The molecule has 0 aromatic heterocycles. The quantitative estimate of drug-likeness (QED) is 0.754. The molecule has 0 fully saturated rings. The number of hydrogen-bond donors (Lipinski definition) is 1. The van der Waals surface area contributed by atoms with E-state index in [2.05, 4.69) is 26.8 Å². The van der Waals surface area contributed by atoms with Gasteiger partial charge in [-0.1, -0.05) is 39.7 Å². The molecule has 0 spiro atoms. The van der Waals surface area contributed by atoms with Gasteiger partial charge < -0.3 is 10.5 Å². The molecular formula is C13H23NO. The molecule has 0 saturated heterocycles. The van der Waals surface area contributed by atoms with Gasteiger partial charge in [0.15, 0.2) is 0 Å². The minimum atomic E-state index is 0.550. The van der Waals surface area contributed by atoms with Gasteiger partial charge in [-0.3, -0.25) is 0 Å². The molecule has 0 saturated carbocycles. The van der Waals surface area contributed by atoms with Crippen molar-refractivity contribution in [1.29, 1.82) is 0 Å². The molecule has 1 aliphatic rings. The van der Waals surface area contributed by atoms with Crippen molar-refractivity contribution in [1.82, 2.24) is 0 Å². The Hall–Kier alpha value is -0.920. The SMILES string of the molecule is CCC(CC)COC1=C(N)C=CC(C)C1. The van der Waals surface area contributed by atoms with Crippen LogP contribution in [0, 0.1) is 11.8 Å². The second kappa shape index (κ2) is 5.84. The Morgan fingerprint density at radius 1 is 1.47 bits per heavy atom. The summed E-state index contributed by atoms with van der Waals surface area (Å²) in [5, 5.41) is 0. The molecule has 2 nitrogen and oxygen atoms in total. The Labute approximate surface area is 93.2 Å². The summed E-state index contributed by atoms with van der Waals surface area (Å²) in [6, 6.07) is 0. The van der Waals surface area contributed by atoms with Gasteiger partial charge in [0.1, 0.15) is 5.76 Å². The maximum Gasteiger partial charge on any atom is 0.119 e. The van der Waals surface area contributed by atoms with Crippen LogP contribution >= 0.6 is 0 Å². The summed E-state index contributed by atoms with van der Waals surface area (Å²) in [6.07, 6.45) is 7.41. The highest BCUT2D eigenvalue weighted by Gasteiger charge is 2.14. The second-order valence-corrected chi connectivity index (χ2v) is 4.41. The lowest BCUT2D eigenvalue weighted by molar-refractivity contribution is 0.146. The van der Waals surface area contributed by atoms with Gasteiger partial charge >= 0.3 is 0 Å². The molecule has 0 aromatic carbocycles. The number of nitrogens with two attached hydrogens (primary N) is 1. The highest BCUT2D eigenvalue weighted by atomic mass is 16.5. The van der Waals surface area contributed by atoms with Crippen molar-refractivity contribution in [2.75, 3.05) is 6.61 Å². The molecule has 1 rings (SSSR count). The molecule has 0 aromatic rings. The summed E-state index contributed by atoms with van der Waals surface area (Å²) in [5.41, 5.74) is 6.68. The minimum absolute atomic E-state index is 0.550. The van der Waals surface area contributed by atoms with Gasteiger partial charge in [-0.05, 0) is 17.9 Å². The molecule has 1 aliphatic carbocycles. The Bertz CT molecular complexity index is 251. The van der Waals surface area contributed by atoms with Crippen molar-refractivity contribution in [2.45, 2.75) is 40.0 Å². The van der Waals surface area contributed by atoms with E-state index < -0.39 is 0 Å². The fraction of sp³-hybridized carbons (Fsp3) is 0.692. The average Bonchev–Trinajstić information content (AvgIpc) is 2.24. The van der Waals surface area contributed by atoms with Crippen LogP contribution in [0.3, 0.4) is 0 Å². The Balaban J connectivity index is 2.47. The maximum absolute atomic E-state index is 5.88. The molecule has 1 atom stereocenters. The Morgan fingerprint density at radius 2 is 2.13 bits per heavy atom. The first-order valence-corrected chi connectivity index (χ1v) is 5.96. The van der Waals surface area contributed by atoms with E-state index in [4.69, 9.17) is 10.5 Å². The highest BCUT2D eigenvalue weighted by Crippen LogP contribution is 2.23. The number of rotatable bonds is 5. The van der Waals surface area contributed by atoms with Crippen LogP contribution in [-0.2, 0) is 4.74 Å². The van der Waals surface area contributed by atoms with Gasteiger partial charge in [0.2, 0.25) is 0 Å². The van der Waals surface area contributed by atoms with Crippen molar-refractivity contribution >= 4 is 0 Å². The van der Waals surface area contributed by atoms with Crippen molar-refractivity contribution in [3.05, 3.63) is 23.6 Å². The first-order chi connectivity index (χ1) is 7.17. The molecule has 86 valence electrons. The predicted molar refractivity (Wildman–Crippen MR) is 64.2 cm³/mol. The first kappa shape index (κ1) is 12.2. The zero-order chi connectivity index (χ0) is 11.3. The van der Waals surface area contributed by atoms with E-state index in [0.717, 1.165) is 24.5 Å². The van der Waals surface area contributed by atoms with Crippen molar-refractivity contribution in [3.8, 4) is 0 Å². The van der Waals surface area contributed by atoms with Crippen LogP contribution in [0.2, 0.25) is 0 Å². The Morgan fingerprint density at radius 3 is 2.73 bits per heavy atom. The fourth-order valence-electron chi connectivity index (χ4n) is 1.72. The molecule has 1 unspecified atom stereocenters. The summed E-state index contributed by atoms with van der Waals surface area (Å²) in [5.74, 6) is 2.19. The summed E-state index contributed by atoms with van der Waals surface area (Å²) in [6.45, 7) is 7.41. The fourth-order valence-corrected chi connectivity index (χ4v) is 1.72. The summed E-state index contributed by atoms with van der Waals surface area (Å²) >= 11 is 0. The van der Waals surface area contributed by atoms with Crippen LogP contribution in [0.1, 0.15) is 40.0 Å². The van der Waals surface area contributed by atoms with E-state index in [0.29, 0.717) is 11.8 Å². The average molecular weight is 209 g/mol. The predicted octanol–water partition coefficient (Wildman–Crippen LogP) is 3.21. The van der Waals surface area contributed by atoms with Crippen LogP contribution < -0.4 is 5.73 Å². The lowest BCUT2D eigenvalue weighted by atomic mass is 9.99. The standard InChI is InChI=1S/C13H23NO/c1-4-11(5-2)9-15-13-8-10(3)6-7-12(13)14/h6-7,10-11H,4-5,8-9,14H2,1-3H3. The molecule has 2 N–H and O–H groups in total. The number of hydrogen-bond acceptors (Lipinski definition) is 2. The molecule has 0 radical (unpaired) electrons. The summed E-state index contributed by atoms with van der Waals surface area (Å²) < 4.78 is 5.81. The second-order valence-electron chi connectivity index (χ2n) is 4.41. The third-order valence-corrected chi connectivity index (χ3v) is 3.08. The van der Waals surface area contributed by atoms with Crippen molar-refractivity contribution in [2.24, 2.45) is 17.6 Å². The molecular weight excluding hydrogens is 186 g/mol. The third-order valence-electron chi connectivity index (χ3n) is 3.08. The molecule has 15 heavy (non-hydrogen) atoms. The van der Waals surface area contributed by atoms with Gasteiger partial charge in [-0.15, -0.1) is 0 Å². The van der Waals surface area contributed by atoms with Crippen LogP contribution in [0.4, 0.5) is 0 Å². The first-order valence-electron chi connectivity index (χ1n) is 5.96. The summed E-state index contributed by atoms with van der Waals surface area (Å²) in [7, 11) is 0. The van der Waals surface area contributed by atoms with Gasteiger partial charge in [0.25, 0.3) is 0 Å². The number of ether oxygens (including phenoxy) is 1. The molecule has 0 heterocycles. The lowest BCUT2D eigenvalue weighted by Gasteiger charge is -2.21.